The molecule has 28 heavy (non-hydrogen) atoms. The third-order valence-corrected chi connectivity index (χ3v) is 4.69. The van der Waals surface area contributed by atoms with Crippen LogP contribution in [-0.4, -0.2) is 54.7 Å². The molecule has 1 saturated heterocycles. The van der Waals surface area contributed by atoms with Crippen molar-refractivity contribution in [2.75, 3.05) is 20.8 Å². The summed E-state index contributed by atoms with van der Waals surface area (Å²) in [7, 11) is 2.46. The molecule has 0 aromatic heterocycles. The quantitative estimate of drug-likeness (QED) is 0.637. The van der Waals surface area contributed by atoms with Crippen LogP contribution in [0.5, 0.6) is 0 Å². The molecular formula is C22H26N2O4. The Morgan fingerprint density at radius 3 is 2.50 bits per heavy atom. The van der Waals surface area contributed by atoms with E-state index in [2.05, 4.69) is 24.2 Å². The number of aliphatic hydroxyl groups excluding tert-OH is 1. The molecule has 0 radical (unpaired) electrons. The molecule has 1 heterocycles. The Morgan fingerprint density at radius 2 is 1.89 bits per heavy atom. The van der Waals surface area contributed by atoms with Crippen molar-refractivity contribution in [3.05, 3.63) is 70.8 Å². The molecule has 6 nitrogen and oxygen atoms in total. The maximum atomic E-state index is 12.8. The van der Waals surface area contributed by atoms with Crippen LogP contribution in [0.2, 0.25) is 0 Å². The Bertz CT molecular complexity index is 831. The van der Waals surface area contributed by atoms with E-state index in [4.69, 9.17) is 9.94 Å². The monoisotopic (exact) mass is 382 g/mol. The number of rotatable bonds is 5. The molecule has 3 rings (SSSR count). The summed E-state index contributed by atoms with van der Waals surface area (Å²) < 4.78 is 0. The Labute approximate surface area is 165 Å². The number of nitrogens with zero attached hydrogens (tertiary/aromatic N) is 2. The molecule has 1 unspecified atom stereocenters. The Kier molecular flexibility index (Phi) is 7.89. The number of carbonyl (C=O) groups excluding carboxylic acids is 2. The number of carbonyl (C=O) groups is 2. The first-order chi connectivity index (χ1) is 13.6. The first kappa shape index (κ1) is 21.3. The molecule has 2 aromatic rings. The first-order valence-electron chi connectivity index (χ1n) is 9.05. The SMILES string of the molecule is CO.CO/N=C1/CC(C=O)N(C(=O)c2ccc(Cc3ccccc3C)cc2)C1. The van der Waals surface area contributed by atoms with Crippen molar-refractivity contribution < 1.29 is 19.5 Å². The van der Waals surface area contributed by atoms with Gasteiger partial charge in [-0.25, -0.2) is 0 Å². The normalized spacial score (nSPS) is 17.1. The second-order valence-electron chi connectivity index (χ2n) is 6.48. The summed E-state index contributed by atoms with van der Waals surface area (Å²) in [5, 5.41) is 10.9. The molecule has 1 N–H and O–H groups in total. The summed E-state index contributed by atoms with van der Waals surface area (Å²) in [6.07, 6.45) is 2.05. The highest BCUT2D eigenvalue weighted by Crippen LogP contribution is 2.19. The lowest BCUT2D eigenvalue weighted by Gasteiger charge is -2.19. The van der Waals surface area contributed by atoms with E-state index >= 15 is 0 Å². The molecule has 0 aliphatic carbocycles. The largest absolute Gasteiger partial charge is 0.400 e. The standard InChI is InChI=1S/C21H22N2O3.CH4O/c1-15-5-3-4-6-18(15)11-16-7-9-17(10-8-16)21(25)23-13-19(22-26-2)12-20(23)14-24;1-2/h3-10,14,20H,11-13H2,1-2H3;2H,1H3/b22-19-;. The number of hydrogen-bond donors (Lipinski definition) is 1. The van der Waals surface area contributed by atoms with Crippen molar-refractivity contribution in [2.24, 2.45) is 5.16 Å². The maximum Gasteiger partial charge on any atom is 0.254 e. The lowest BCUT2D eigenvalue weighted by Crippen LogP contribution is -2.36. The van der Waals surface area contributed by atoms with Crippen molar-refractivity contribution >= 4 is 17.9 Å². The minimum absolute atomic E-state index is 0.161. The highest BCUT2D eigenvalue weighted by atomic mass is 16.6. The van der Waals surface area contributed by atoms with Gasteiger partial charge in [-0.1, -0.05) is 41.6 Å². The van der Waals surface area contributed by atoms with Gasteiger partial charge in [0, 0.05) is 19.1 Å². The fraction of sp³-hybridized carbons (Fsp3) is 0.318. The van der Waals surface area contributed by atoms with Crippen LogP contribution < -0.4 is 0 Å². The van der Waals surface area contributed by atoms with Gasteiger partial charge in [0.1, 0.15) is 13.4 Å². The summed E-state index contributed by atoms with van der Waals surface area (Å²) >= 11 is 0. The summed E-state index contributed by atoms with van der Waals surface area (Å²) in [5.74, 6) is -0.161. The first-order valence-corrected chi connectivity index (χ1v) is 9.05. The highest BCUT2D eigenvalue weighted by Gasteiger charge is 2.33. The van der Waals surface area contributed by atoms with E-state index in [0.717, 1.165) is 25.4 Å². The molecule has 0 saturated carbocycles. The van der Waals surface area contributed by atoms with Crippen LogP contribution in [0.15, 0.2) is 53.7 Å². The second kappa shape index (κ2) is 10.4. The number of amides is 1. The Balaban J connectivity index is 0.00000136. The van der Waals surface area contributed by atoms with Crippen LogP contribution in [0.1, 0.15) is 33.5 Å². The van der Waals surface area contributed by atoms with Gasteiger partial charge in [-0.15, -0.1) is 0 Å². The van der Waals surface area contributed by atoms with Gasteiger partial charge in [-0.05, 0) is 42.2 Å². The zero-order chi connectivity index (χ0) is 20.5. The van der Waals surface area contributed by atoms with E-state index in [1.54, 1.807) is 4.90 Å². The lowest BCUT2D eigenvalue weighted by molar-refractivity contribution is -0.111. The van der Waals surface area contributed by atoms with Crippen LogP contribution in [0, 0.1) is 6.92 Å². The van der Waals surface area contributed by atoms with Crippen LogP contribution in [0.4, 0.5) is 0 Å². The van der Waals surface area contributed by atoms with Crippen LogP contribution >= 0.6 is 0 Å². The molecule has 1 amide bonds. The maximum absolute atomic E-state index is 12.8. The van der Waals surface area contributed by atoms with E-state index in [9.17, 15) is 9.59 Å². The third-order valence-electron chi connectivity index (χ3n) is 4.69. The zero-order valence-corrected chi connectivity index (χ0v) is 16.5. The molecule has 1 fully saturated rings. The predicted octanol–water partition coefficient (Wildman–Crippen LogP) is 2.61. The summed E-state index contributed by atoms with van der Waals surface area (Å²) in [4.78, 5) is 30.4. The molecule has 0 bridgehead atoms. The van der Waals surface area contributed by atoms with Gasteiger partial charge < -0.3 is 19.6 Å². The fourth-order valence-electron chi connectivity index (χ4n) is 3.23. The van der Waals surface area contributed by atoms with Gasteiger partial charge in [0.15, 0.2) is 0 Å². The minimum atomic E-state index is -0.483. The van der Waals surface area contributed by atoms with Gasteiger partial charge in [0.2, 0.25) is 0 Å². The van der Waals surface area contributed by atoms with Gasteiger partial charge in [0.05, 0.1) is 18.3 Å². The summed E-state index contributed by atoms with van der Waals surface area (Å²) in [6.45, 7) is 2.42. The Hall–Kier alpha value is -2.99. The topological polar surface area (TPSA) is 79.2 Å². The minimum Gasteiger partial charge on any atom is -0.400 e. The smallest absolute Gasteiger partial charge is 0.254 e. The third kappa shape index (κ3) is 5.04. The average molecular weight is 382 g/mol. The van der Waals surface area contributed by atoms with Crippen molar-refractivity contribution in [2.45, 2.75) is 25.8 Å². The predicted molar refractivity (Wildman–Crippen MR) is 109 cm³/mol. The van der Waals surface area contributed by atoms with Crippen molar-refractivity contribution in [3.8, 4) is 0 Å². The zero-order valence-electron chi connectivity index (χ0n) is 16.5. The van der Waals surface area contributed by atoms with Gasteiger partial charge >= 0.3 is 0 Å². The van der Waals surface area contributed by atoms with Gasteiger partial charge in [0.25, 0.3) is 5.91 Å². The van der Waals surface area contributed by atoms with Crippen LogP contribution in [0.25, 0.3) is 0 Å². The fourth-order valence-corrected chi connectivity index (χ4v) is 3.23. The number of aryl methyl sites for hydroxylation is 1. The number of oxime groups is 1. The molecule has 1 aliphatic rings. The number of benzene rings is 2. The summed E-state index contributed by atoms with van der Waals surface area (Å²) in [5.41, 5.74) is 4.94. The molecule has 1 aliphatic heterocycles. The molecular weight excluding hydrogens is 356 g/mol. The number of aliphatic hydroxyl groups is 1. The molecule has 2 aromatic carbocycles. The molecule has 1 atom stereocenters. The number of likely N-dealkylation sites (tertiary alicyclic amines) is 1. The highest BCUT2D eigenvalue weighted by molar-refractivity contribution is 6.02. The van der Waals surface area contributed by atoms with E-state index in [1.165, 1.54) is 18.2 Å². The molecule has 0 spiro atoms. The number of aldehydes is 1. The van der Waals surface area contributed by atoms with E-state index in [-0.39, 0.29) is 5.91 Å². The van der Waals surface area contributed by atoms with Gasteiger partial charge in [-0.2, -0.15) is 0 Å². The van der Waals surface area contributed by atoms with Crippen molar-refractivity contribution in [3.63, 3.8) is 0 Å². The average Bonchev–Trinajstić information content (AvgIpc) is 3.14. The number of hydrogen-bond acceptors (Lipinski definition) is 5. The Morgan fingerprint density at radius 1 is 1.21 bits per heavy atom. The molecule has 148 valence electrons. The van der Waals surface area contributed by atoms with Gasteiger partial charge in [-0.3, -0.25) is 4.79 Å². The van der Waals surface area contributed by atoms with E-state index in [0.29, 0.717) is 24.2 Å². The van der Waals surface area contributed by atoms with E-state index in [1.807, 2.05) is 36.4 Å². The van der Waals surface area contributed by atoms with Crippen LogP contribution in [0.3, 0.4) is 0 Å². The molecule has 6 heteroatoms. The second-order valence-corrected chi connectivity index (χ2v) is 6.48. The lowest BCUT2D eigenvalue weighted by atomic mass is 9.99. The van der Waals surface area contributed by atoms with E-state index < -0.39 is 6.04 Å². The van der Waals surface area contributed by atoms with Crippen LogP contribution in [-0.2, 0) is 16.1 Å². The van der Waals surface area contributed by atoms with Crippen molar-refractivity contribution in [1.82, 2.24) is 4.90 Å². The summed E-state index contributed by atoms with van der Waals surface area (Å²) in [6, 6.07) is 15.4. The van der Waals surface area contributed by atoms with Crippen molar-refractivity contribution in [1.29, 1.82) is 0 Å².